The number of allylic oxidation sites excluding steroid dienone is 5. The van der Waals surface area contributed by atoms with Gasteiger partial charge >= 0.3 is 0 Å². The molecule has 0 saturated heterocycles. The average Bonchev–Trinajstić information content (AvgIpc) is 2.26. The summed E-state index contributed by atoms with van der Waals surface area (Å²) in [5.74, 6) is -0.223. The molecule has 0 aliphatic heterocycles. The highest BCUT2D eigenvalue weighted by molar-refractivity contribution is 5.32. The van der Waals surface area contributed by atoms with E-state index in [2.05, 4.69) is 6.58 Å². The van der Waals surface area contributed by atoms with Gasteiger partial charge in [-0.05, 0) is 57.6 Å². The van der Waals surface area contributed by atoms with Crippen molar-refractivity contribution in [3.63, 3.8) is 0 Å². The molecule has 0 aromatic rings. The fourth-order valence-corrected chi connectivity index (χ4v) is 1.58. The molecule has 0 bridgehead atoms. The van der Waals surface area contributed by atoms with Gasteiger partial charge in [-0.15, -0.1) is 0 Å². The van der Waals surface area contributed by atoms with Gasteiger partial charge in [0.15, 0.2) is 0 Å². The van der Waals surface area contributed by atoms with Crippen molar-refractivity contribution >= 4 is 0 Å². The summed E-state index contributed by atoms with van der Waals surface area (Å²) in [6.45, 7) is 10.9. The summed E-state index contributed by atoms with van der Waals surface area (Å²) < 4.78 is 13.7. The predicted molar refractivity (Wildman–Crippen MR) is 72.5 cm³/mol. The summed E-state index contributed by atoms with van der Waals surface area (Å²) in [6.07, 6.45) is 6.44. The van der Waals surface area contributed by atoms with Gasteiger partial charge in [-0.3, -0.25) is 0 Å². The smallest absolute Gasteiger partial charge is 0.128 e. The molecular formula is C15H25FO. The first-order valence-corrected chi connectivity index (χ1v) is 6.23. The van der Waals surface area contributed by atoms with Gasteiger partial charge in [-0.1, -0.05) is 25.7 Å². The molecule has 0 aromatic carbocycles. The van der Waals surface area contributed by atoms with Crippen LogP contribution in [0.1, 0.15) is 53.4 Å². The van der Waals surface area contributed by atoms with E-state index in [0.29, 0.717) is 24.0 Å². The van der Waals surface area contributed by atoms with Crippen LogP contribution in [0.5, 0.6) is 0 Å². The van der Waals surface area contributed by atoms with Gasteiger partial charge in [0.1, 0.15) is 5.83 Å². The Hall–Kier alpha value is -0.890. The molecule has 17 heavy (non-hydrogen) atoms. The second kappa shape index (κ2) is 7.44. The zero-order valence-electron chi connectivity index (χ0n) is 11.5. The normalized spacial score (nSPS) is 16.8. The molecule has 0 heterocycles. The molecule has 0 saturated carbocycles. The van der Waals surface area contributed by atoms with Gasteiger partial charge in [0.2, 0.25) is 0 Å². The first-order valence-electron chi connectivity index (χ1n) is 6.23. The largest absolute Gasteiger partial charge is 0.390 e. The van der Waals surface area contributed by atoms with Crippen LogP contribution >= 0.6 is 0 Å². The van der Waals surface area contributed by atoms with Crippen molar-refractivity contribution in [3.05, 3.63) is 35.7 Å². The summed E-state index contributed by atoms with van der Waals surface area (Å²) in [5.41, 5.74) is 0.494. The van der Waals surface area contributed by atoms with E-state index in [9.17, 15) is 9.50 Å². The van der Waals surface area contributed by atoms with Crippen LogP contribution in [-0.2, 0) is 0 Å². The van der Waals surface area contributed by atoms with E-state index < -0.39 is 5.60 Å². The molecule has 0 rings (SSSR count). The third-order valence-electron chi connectivity index (χ3n) is 2.95. The van der Waals surface area contributed by atoms with Gasteiger partial charge in [-0.2, -0.15) is 0 Å². The maximum absolute atomic E-state index is 13.7. The van der Waals surface area contributed by atoms with Crippen LogP contribution in [0.3, 0.4) is 0 Å². The molecule has 1 nitrogen and oxygen atoms in total. The minimum atomic E-state index is -0.638. The topological polar surface area (TPSA) is 20.2 Å². The van der Waals surface area contributed by atoms with Crippen molar-refractivity contribution in [2.75, 3.05) is 0 Å². The Labute approximate surface area is 105 Å². The maximum Gasteiger partial charge on any atom is 0.128 e. The lowest BCUT2D eigenvalue weighted by Gasteiger charge is -2.21. The van der Waals surface area contributed by atoms with E-state index in [4.69, 9.17) is 0 Å². The molecule has 98 valence electrons. The highest BCUT2D eigenvalue weighted by atomic mass is 19.1. The summed E-state index contributed by atoms with van der Waals surface area (Å²) in [6, 6.07) is 0. The Bertz CT molecular complexity index is 311. The summed E-state index contributed by atoms with van der Waals surface area (Å²) in [5, 5.41) is 9.87. The van der Waals surface area contributed by atoms with Crippen LogP contribution in [0, 0.1) is 0 Å². The van der Waals surface area contributed by atoms with E-state index in [1.165, 1.54) is 0 Å². The van der Waals surface area contributed by atoms with E-state index in [1.807, 2.05) is 26.8 Å². The Morgan fingerprint density at radius 2 is 2.06 bits per heavy atom. The quantitative estimate of drug-likeness (QED) is 0.640. The minimum absolute atomic E-state index is 0.223. The van der Waals surface area contributed by atoms with Gasteiger partial charge < -0.3 is 5.11 Å². The van der Waals surface area contributed by atoms with Crippen molar-refractivity contribution in [3.8, 4) is 0 Å². The number of aliphatic hydroxyl groups is 1. The molecule has 2 heteroatoms. The fraction of sp³-hybridized carbons (Fsp3) is 0.600. The van der Waals surface area contributed by atoms with Crippen LogP contribution in [0.4, 0.5) is 4.39 Å². The zero-order chi connectivity index (χ0) is 13.5. The molecule has 1 atom stereocenters. The van der Waals surface area contributed by atoms with Crippen LogP contribution in [-0.4, -0.2) is 10.7 Å². The van der Waals surface area contributed by atoms with E-state index in [0.717, 1.165) is 12.8 Å². The molecule has 1 N–H and O–H groups in total. The van der Waals surface area contributed by atoms with E-state index in [1.54, 1.807) is 13.0 Å². The summed E-state index contributed by atoms with van der Waals surface area (Å²) >= 11 is 0. The van der Waals surface area contributed by atoms with Crippen molar-refractivity contribution in [1.29, 1.82) is 0 Å². The van der Waals surface area contributed by atoms with Gasteiger partial charge in [0.05, 0.1) is 5.60 Å². The Morgan fingerprint density at radius 1 is 1.47 bits per heavy atom. The van der Waals surface area contributed by atoms with Gasteiger partial charge in [0.25, 0.3) is 0 Å². The Balaban J connectivity index is 4.51. The summed E-state index contributed by atoms with van der Waals surface area (Å²) in [7, 11) is 0. The van der Waals surface area contributed by atoms with Crippen molar-refractivity contribution in [1.82, 2.24) is 0 Å². The number of hydrogen-bond donors (Lipinski definition) is 1. The second-order valence-corrected chi connectivity index (χ2v) is 4.82. The fourth-order valence-electron chi connectivity index (χ4n) is 1.58. The second-order valence-electron chi connectivity index (χ2n) is 4.82. The number of rotatable bonds is 7. The van der Waals surface area contributed by atoms with Crippen LogP contribution in [0.25, 0.3) is 0 Å². The van der Waals surface area contributed by atoms with Crippen LogP contribution in [0.15, 0.2) is 35.7 Å². The Kier molecular flexibility index (Phi) is 7.05. The van der Waals surface area contributed by atoms with Crippen molar-refractivity contribution < 1.29 is 9.50 Å². The minimum Gasteiger partial charge on any atom is -0.390 e. The predicted octanol–water partition coefficient (Wildman–Crippen LogP) is 4.69. The molecule has 0 spiro atoms. The SMILES string of the molecule is C=C(C)/C(F)=C(\C=C/C)CCCC(C)(O)CC. The lowest BCUT2D eigenvalue weighted by molar-refractivity contribution is 0.0450. The lowest BCUT2D eigenvalue weighted by atomic mass is 9.94. The highest BCUT2D eigenvalue weighted by Gasteiger charge is 2.17. The van der Waals surface area contributed by atoms with Crippen molar-refractivity contribution in [2.45, 2.75) is 59.0 Å². The monoisotopic (exact) mass is 240 g/mol. The molecule has 0 amide bonds. The first-order chi connectivity index (χ1) is 7.84. The third kappa shape index (κ3) is 6.42. The highest BCUT2D eigenvalue weighted by Crippen LogP contribution is 2.24. The molecule has 0 fully saturated rings. The standard InChI is InChI=1S/C15H25FO/c1-6-9-13(14(16)12(3)4)10-8-11-15(5,17)7-2/h6,9,17H,3,7-8,10-11H2,1-2,4-5H3/b9-6-,14-13-. The van der Waals surface area contributed by atoms with Crippen LogP contribution in [0.2, 0.25) is 0 Å². The number of hydrogen-bond acceptors (Lipinski definition) is 1. The molecule has 0 aliphatic rings. The van der Waals surface area contributed by atoms with Gasteiger partial charge in [0, 0.05) is 0 Å². The maximum atomic E-state index is 13.7. The molecule has 0 radical (unpaired) electrons. The van der Waals surface area contributed by atoms with E-state index >= 15 is 0 Å². The summed E-state index contributed by atoms with van der Waals surface area (Å²) in [4.78, 5) is 0. The average molecular weight is 240 g/mol. The first kappa shape index (κ1) is 16.1. The number of halogens is 1. The molecule has 1 unspecified atom stereocenters. The Morgan fingerprint density at radius 3 is 2.47 bits per heavy atom. The molecule has 0 aromatic heterocycles. The van der Waals surface area contributed by atoms with Crippen molar-refractivity contribution in [2.24, 2.45) is 0 Å². The third-order valence-corrected chi connectivity index (χ3v) is 2.95. The van der Waals surface area contributed by atoms with Crippen LogP contribution < -0.4 is 0 Å². The zero-order valence-corrected chi connectivity index (χ0v) is 11.5. The van der Waals surface area contributed by atoms with E-state index in [-0.39, 0.29) is 5.83 Å². The molecular weight excluding hydrogens is 215 g/mol. The lowest BCUT2D eigenvalue weighted by Crippen LogP contribution is -2.22. The molecule has 0 aliphatic carbocycles. The van der Waals surface area contributed by atoms with Gasteiger partial charge in [-0.25, -0.2) is 4.39 Å².